The first-order valence-corrected chi connectivity index (χ1v) is 11.9. The molecule has 27 heavy (non-hydrogen) atoms. The highest BCUT2D eigenvalue weighted by Crippen LogP contribution is 2.14. The smallest absolute Gasteiger partial charge is 0.000294 e. The topological polar surface area (TPSA) is 49.9 Å². The molecule has 2 heteroatoms. The number of hydrogen-bond acceptors (Lipinski definition) is 2. The van der Waals surface area contributed by atoms with Gasteiger partial charge in [-0.2, -0.15) is 0 Å². The molecule has 0 heterocycles. The lowest BCUT2D eigenvalue weighted by Gasteiger charge is -2.03. The average molecular weight is 377 g/mol. The lowest BCUT2D eigenvalue weighted by Crippen LogP contribution is -1.97. The first kappa shape index (κ1) is 26.1. The molecule has 158 valence electrons. The zero-order chi connectivity index (χ0) is 19.7. The van der Waals surface area contributed by atoms with Crippen molar-refractivity contribution >= 4 is 6.21 Å². The van der Waals surface area contributed by atoms with E-state index in [1.165, 1.54) is 122 Å². The second-order valence-electron chi connectivity index (χ2n) is 7.88. The minimum absolute atomic E-state index is 0.750. The molecule has 0 fully saturated rings. The van der Waals surface area contributed by atoms with Crippen molar-refractivity contribution in [3.8, 4) is 0 Å². The third-order valence-corrected chi connectivity index (χ3v) is 5.21. The fraction of sp³-hybridized carbons (Fsp3) is 0.800. The molecule has 0 atom stereocenters. The quantitative estimate of drug-likeness (QED) is 0.112. The van der Waals surface area contributed by atoms with Crippen LogP contribution < -0.4 is 5.73 Å². The molecule has 0 aliphatic carbocycles. The summed E-state index contributed by atoms with van der Waals surface area (Å²) in [5, 5.41) is 6.93. The Morgan fingerprint density at radius 3 is 1.26 bits per heavy atom. The van der Waals surface area contributed by atoms with Crippen molar-refractivity contribution < 1.29 is 0 Å². The highest BCUT2D eigenvalue weighted by Gasteiger charge is 1.94. The number of nitrogens with two attached hydrogens (primary N) is 1. The van der Waals surface area contributed by atoms with Gasteiger partial charge < -0.3 is 11.1 Å². The van der Waals surface area contributed by atoms with Crippen LogP contribution in [0.3, 0.4) is 0 Å². The molecule has 0 aromatic rings. The molecule has 0 saturated carbocycles. The zero-order valence-electron chi connectivity index (χ0n) is 18.1. The second kappa shape index (κ2) is 25.1. The van der Waals surface area contributed by atoms with Crippen LogP contribution in [0.1, 0.15) is 122 Å². The van der Waals surface area contributed by atoms with E-state index < -0.39 is 0 Å². The van der Waals surface area contributed by atoms with Crippen LogP contribution in [-0.2, 0) is 0 Å². The lowest BCUT2D eigenvalue weighted by atomic mass is 10.0. The Bertz CT molecular complexity index is 333. The van der Waals surface area contributed by atoms with Crippen molar-refractivity contribution in [2.24, 2.45) is 5.73 Å². The van der Waals surface area contributed by atoms with Gasteiger partial charge in [0.1, 0.15) is 0 Å². The molecule has 0 aromatic heterocycles. The van der Waals surface area contributed by atoms with Gasteiger partial charge in [0.05, 0.1) is 0 Å². The first-order chi connectivity index (χ1) is 13.4. The summed E-state index contributed by atoms with van der Waals surface area (Å²) < 4.78 is 0. The third-order valence-electron chi connectivity index (χ3n) is 5.21. The van der Waals surface area contributed by atoms with Gasteiger partial charge in [0.2, 0.25) is 0 Å². The van der Waals surface area contributed by atoms with Gasteiger partial charge in [0, 0.05) is 6.42 Å². The van der Waals surface area contributed by atoms with Gasteiger partial charge in [-0.15, -0.1) is 0 Å². The van der Waals surface area contributed by atoms with E-state index in [2.05, 4.69) is 18.2 Å². The van der Waals surface area contributed by atoms with Gasteiger partial charge in [0.15, 0.2) is 0 Å². The van der Waals surface area contributed by atoms with Gasteiger partial charge >= 0.3 is 0 Å². The van der Waals surface area contributed by atoms with Crippen LogP contribution in [0.4, 0.5) is 0 Å². The maximum absolute atomic E-state index is 6.93. The van der Waals surface area contributed by atoms with Crippen LogP contribution in [0.5, 0.6) is 0 Å². The van der Waals surface area contributed by atoms with E-state index in [1.54, 1.807) is 0 Å². The van der Waals surface area contributed by atoms with E-state index in [9.17, 15) is 0 Å². The summed E-state index contributed by atoms with van der Waals surface area (Å²) in [4.78, 5) is 0. The molecule has 0 unspecified atom stereocenters. The van der Waals surface area contributed by atoms with Gasteiger partial charge in [-0.05, 0) is 32.0 Å². The van der Waals surface area contributed by atoms with Crippen molar-refractivity contribution in [2.45, 2.75) is 122 Å². The SMILES string of the molecule is N=CCC=CC=CCCCCCCCCCCCCCCCCCCCN. The fourth-order valence-corrected chi connectivity index (χ4v) is 3.46. The maximum Gasteiger partial charge on any atom is 0.000294 e. The molecular weight excluding hydrogens is 328 g/mol. The van der Waals surface area contributed by atoms with Crippen LogP contribution in [0.2, 0.25) is 0 Å². The molecule has 0 radical (unpaired) electrons. The van der Waals surface area contributed by atoms with Crippen molar-refractivity contribution in [2.75, 3.05) is 6.54 Å². The van der Waals surface area contributed by atoms with Crippen LogP contribution in [0, 0.1) is 5.41 Å². The van der Waals surface area contributed by atoms with Gasteiger partial charge in [0.25, 0.3) is 0 Å². The molecule has 0 aliphatic rings. The first-order valence-electron chi connectivity index (χ1n) is 11.9. The predicted octanol–water partition coefficient (Wildman–Crippen LogP) is 8.12. The van der Waals surface area contributed by atoms with E-state index in [4.69, 9.17) is 11.1 Å². The fourth-order valence-electron chi connectivity index (χ4n) is 3.46. The summed E-state index contributed by atoms with van der Waals surface area (Å²) in [5.41, 5.74) is 5.51. The summed E-state index contributed by atoms with van der Waals surface area (Å²) in [6.45, 7) is 0.865. The normalized spacial score (nSPS) is 11.7. The number of rotatable bonds is 22. The Kier molecular flexibility index (Phi) is 24.3. The van der Waals surface area contributed by atoms with Crippen LogP contribution >= 0.6 is 0 Å². The minimum atomic E-state index is 0.750. The Labute approximate surface area is 170 Å². The molecule has 0 aromatic carbocycles. The minimum Gasteiger partial charge on any atom is -0.330 e. The standard InChI is InChI=1S/C25H48N2/c26-24-22-20-18-16-14-12-10-8-6-4-2-1-3-5-7-9-11-13-15-17-19-21-23-25-27/h14,16,18,20,24,26H,1-13,15,17,19,21-23,25,27H2. The van der Waals surface area contributed by atoms with Gasteiger partial charge in [-0.1, -0.05) is 121 Å². The van der Waals surface area contributed by atoms with Crippen LogP contribution in [0.25, 0.3) is 0 Å². The molecular formula is C25H48N2. The third kappa shape index (κ3) is 25.1. The van der Waals surface area contributed by atoms with E-state index in [0.717, 1.165) is 13.0 Å². The summed E-state index contributed by atoms with van der Waals surface area (Å²) in [6, 6.07) is 0. The monoisotopic (exact) mass is 376 g/mol. The zero-order valence-corrected chi connectivity index (χ0v) is 18.1. The molecule has 0 saturated heterocycles. The van der Waals surface area contributed by atoms with Crippen molar-refractivity contribution in [3.05, 3.63) is 24.3 Å². The summed E-state index contributed by atoms with van der Waals surface area (Å²) in [6.07, 6.45) is 35.7. The molecule has 2 nitrogen and oxygen atoms in total. The number of unbranched alkanes of at least 4 members (excludes halogenated alkanes) is 17. The number of nitrogens with one attached hydrogen (secondary N) is 1. The number of allylic oxidation sites excluding steroid dienone is 4. The summed E-state index contributed by atoms with van der Waals surface area (Å²) >= 11 is 0. The molecule has 0 aliphatic heterocycles. The maximum atomic E-state index is 6.93. The Morgan fingerprint density at radius 2 is 0.852 bits per heavy atom. The van der Waals surface area contributed by atoms with E-state index in [0.29, 0.717) is 0 Å². The Morgan fingerprint density at radius 1 is 0.481 bits per heavy atom. The van der Waals surface area contributed by atoms with E-state index >= 15 is 0 Å². The Balaban J connectivity index is 3.06. The van der Waals surface area contributed by atoms with Crippen molar-refractivity contribution in [1.82, 2.24) is 0 Å². The molecule has 0 amide bonds. The highest BCUT2D eigenvalue weighted by molar-refractivity contribution is 5.55. The summed E-state index contributed by atoms with van der Waals surface area (Å²) in [7, 11) is 0. The lowest BCUT2D eigenvalue weighted by molar-refractivity contribution is 0.526. The van der Waals surface area contributed by atoms with Crippen molar-refractivity contribution in [1.29, 1.82) is 5.41 Å². The van der Waals surface area contributed by atoms with Crippen molar-refractivity contribution in [3.63, 3.8) is 0 Å². The summed E-state index contributed by atoms with van der Waals surface area (Å²) in [5.74, 6) is 0. The largest absolute Gasteiger partial charge is 0.330 e. The van der Waals surface area contributed by atoms with Crippen LogP contribution in [0.15, 0.2) is 24.3 Å². The molecule has 0 spiro atoms. The Hall–Kier alpha value is -0.890. The van der Waals surface area contributed by atoms with E-state index in [-0.39, 0.29) is 0 Å². The molecule has 0 rings (SSSR count). The van der Waals surface area contributed by atoms with Gasteiger partial charge in [-0.25, -0.2) is 0 Å². The number of hydrogen-bond donors (Lipinski definition) is 2. The highest BCUT2D eigenvalue weighted by atomic mass is 14.5. The molecule has 3 N–H and O–H groups in total. The van der Waals surface area contributed by atoms with Crippen LogP contribution in [-0.4, -0.2) is 12.8 Å². The van der Waals surface area contributed by atoms with Gasteiger partial charge in [-0.3, -0.25) is 0 Å². The predicted molar refractivity (Wildman–Crippen MR) is 124 cm³/mol. The average Bonchev–Trinajstić information content (AvgIpc) is 2.68. The molecule has 0 bridgehead atoms. The van der Waals surface area contributed by atoms with E-state index in [1.807, 2.05) is 6.08 Å². The second-order valence-corrected chi connectivity index (χ2v) is 7.88.